The van der Waals surface area contributed by atoms with Gasteiger partial charge in [-0.2, -0.15) is 0 Å². The van der Waals surface area contributed by atoms with E-state index in [4.69, 9.17) is 4.42 Å². The molecule has 4 rings (SSSR count). The monoisotopic (exact) mass is 369 g/mol. The molecule has 0 bridgehead atoms. The lowest BCUT2D eigenvalue weighted by Crippen LogP contribution is -2.17. The van der Waals surface area contributed by atoms with Gasteiger partial charge in [0.05, 0.1) is 5.39 Å². The van der Waals surface area contributed by atoms with Crippen molar-refractivity contribution in [1.82, 2.24) is 0 Å². The SMILES string of the molecule is CCc1ccc(NC(=O)c2oc(=O)c3ccccc3c2-c2ccccc2)cc1. The summed E-state index contributed by atoms with van der Waals surface area (Å²) in [5.41, 5.74) is 2.73. The molecule has 1 amide bonds. The lowest BCUT2D eigenvalue weighted by molar-refractivity contribution is 0.0994. The van der Waals surface area contributed by atoms with E-state index in [1.54, 1.807) is 12.1 Å². The van der Waals surface area contributed by atoms with Crippen molar-refractivity contribution < 1.29 is 9.21 Å². The van der Waals surface area contributed by atoms with Crippen LogP contribution in [0.15, 0.2) is 88.1 Å². The molecular formula is C24H19NO3. The number of rotatable bonds is 4. The molecule has 0 spiro atoms. The van der Waals surface area contributed by atoms with Gasteiger partial charge in [-0.3, -0.25) is 4.79 Å². The first kappa shape index (κ1) is 17.7. The third-order valence-corrected chi connectivity index (χ3v) is 4.73. The van der Waals surface area contributed by atoms with Crippen molar-refractivity contribution in [3.05, 3.63) is 101 Å². The van der Waals surface area contributed by atoms with Crippen LogP contribution in [0.2, 0.25) is 0 Å². The molecule has 4 heteroatoms. The fourth-order valence-electron chi connectivity index (χ4n) is 3.26. The molecule has 4 aromatic rings. The van der Waals surface area contributed by atoms with Gasteiger partial charge in [-0.05, 0) is 35.7 Å². The van der Waals surface area contributed by atoms with Crippen LogP contribution in [0.1, 0.15) is 23.0 Å². The molecule has 28 heavy (non-hydrogen) atoms. The van der Waals surface area contributed by atoms with E-state index < -0.39 is 11.5 Å². The number of aryl methyl sites for hydroxylation is 1. The number of nitrogens with one attached hydrogen (secondary N) is 1. The molecular weight excluding hydrogens is 350 g/mol. The Balaban J connectivity index is 1.85. The summed E-state index contributed by atoms with van der Waals surface area (Å²) in [7, 11) is 0. The molecule has 0 radical (unpaired) electrons. The molecule has 0 unspecified atom stereocenters. The highest BCUT2D eigenvalue weighted by Gasteiger charge is 2.21. The van der Waals surface area contributed by atoms with Crippen LogP contribution >= 0.6 is 0 Å². The summed E-state index contributed by atoms with van der Waals surface area (Å²) in [6.07, 6.45) is 0.923. The largest absolute Gasteiger partial charge is 0.416 e. The van der Waals surface area contributed by atoms with Gasteiger partial charge in [-0.15, -0.1) is 0 Å². The predicted molar refractivity (Wildman–Crippen MR) is 112 cm³/mol. The molecule has 1 N–H and O–H groups in total. The van der Waals surface area contributed by atoms with Crippen LogP contribution in [0.5, 0.6) is 0 Å². The summed E-state index contributed by atoms with van der Waals surface area (Å²) >= 11 is 0. The number of fused-ring (bicyclic) bond motifs is 1. The fraction of sp³-hybridized carbons (Fsp3) is 0.0833. The summed E-state index contributed by atoms with van der Waals surface area (Å²) in [5.74, 6) is -0.444. The maximum Gasteiger partial charge on any atom is 0.344 e. The smallest absolute Gasteiger partial charge is 0.344 e. The molecule has 4 nitrogen and oxygen atoms in total. The van der Waals surface area contributed by atoms with Gasteiger partial charge in [0.25, 0.3) is 5.91 Å². The number of carbonyl (C=O) groups excluding carboxylic acids is 1. The van der Waals surface area contributed by atoms with Crippen LogP contribution in [0, 0.1) is 0 Å². The molecule has 0 atom stereocenters. The molecule has 1 aromatic heterocycles. The molecule has 0 aliphatic heterocycles. The number of hydrogen-bond acceptors (Lipinski definition) is 3. The number of amides is 1. The second kappa shape index (κ2) is 7.53. The Hall–Kier alpha value is -3.66. The zero-order valence-electron chi connectivity index (χ0n) is 15.4. The highest BCUT2D eigenvalue weighted by Crippen LogP contribution is 2.31. The normalized spacial score (nSPS) is 10.8. The van der Waals surface area contributed by atoms with Crippen LogP contribution in [-0.2, 0) is 6.42 Å². The Kier molecular flexibility index (Phi) is 4.77. The van der Waals surface area contributed by atoms with Crippen molar-refractivity contribution in [2.24, 2.45) is 0 Å². The van der Waals surface area contributed by atoms with Gasteiger partial charge in [-0.1, -0.05) is 67.6 Å². The number of benzene rings is 3. The van der Waals surface area contributed by atoms with E-state index in [0.717, 1.165) is 12.0 Å². The van der Waals surface area contributed by atoms with Crippen LogP contribution in [0.4, 0.5) is 5.69 Å². The summed E-state index contributed by atoms with van der Waals surface area (Å²) < 4.78 is 5.49. The summed E-state index contributed by atoms with van der Waals surface area (Å²) in [5, 5.41) is 3.98. The Morgan fingerprint density at radius 2 is 1.50 bits per heavy atom. The molecule has 3 aromatic carbocycles. The number of hydrogen-bond donors (Lipinski definition) is 1. The van der Waals surface area contributed by atoms with Crippen LogP contribution in [0.3, 0.4) is 0 Å². The topological polar surface area (TPSA) is 59.3 Å². The standard InChI is InChI=1S/C24H19NO3/c1-2-16-12-14-18(15-13-16)25-23(26)22-21(17-8-4-3-5-9-17)19-10-6-7-11-20(19)24(27)28-22/h3-15H,2H2,1H3,(H,25,26). The third kappa shape index (κ3) is 3.32. The summed E-state index contributed by atoms with van der Waals surface area (Å²) in [4.78, 5) is 25.5. The van der Waals surface area contributed by atoms with Gasteiger partial charge in [-0.25, -0.2) is 4.79 Å². The molecule has 0 saturated heterocycles. The third-order valence-electron chi connectivity index (χ3n) is 4.73. The Morgan fingerprint density at radius 1 is 0.857 bits per heavy atom. The predicted octanol–water partition coefficient (Wildman–Crippen LogP) is 5.27. The Morgan fingerprint density at radius 3 is 2.18 bits per heavy atom. The van der Waals surface area contributed by atoms with Crippen molar-refractivity contribution in [2.45, 2.75) is 13.3 Å². The van der Waals surface area contributed by atoms with E-state index in [-0.39, 0.29) is 5.76 Å². The summed E-state index contributed by atoms with van der Waals surface area (Å²) in [6.45, 7) is 2.07. The van der Waals surface area contributed by atoms with E-state index in [1.807, 2.05) is 66.7 Å². The van der Waals surface area contributed by atoms with Crippen LogP contribution in [0.25, 0.3) is 21.9 Å². The first-order valence-electron chi connectivity index (χ1n) is 9.19. The van der Waals surface area contributed by atoms with Crippen LogP contribution < -0.4 is 10.9 Å². The molecule has 0 aliphatic rings. The number of anilines is 1. The maximum atomic E-state index is 13.0. The van der Waals surface area contributed by atoms with E-state index in [1.165, 1.54) is 5.56 Å². The van der Waals surface area contributed by atoms with E-state index in [0.29, 0.717) is 22.0 Å². The van der Waals surface area contributed by atoms with Gasteiger partial charge in [0.15, 0.2) is 0 Å². The molecule has 0 aliphatic carbocycles. The number of carbonyl (C=O) groups is 1. The molecule has 138 valence electrons. The quantitative estimate of drug-likeness (QED) is 0.533. The minimum absolute atomic E-state index is 0.00877. The maximum absolute atomic E-state index is 13.0. The van der Waals surface area contributed by atoms with Gasteiger partial charge in [0, 0.05) is 16.6 Å². The fourth-order valence-corrected chi connectivity index (χ4v) is 3.26. The van der Waals surface area contributed by atoms with Crippen LogP contribution in [-0.4, -0.2) is 5.91 Å². The zero-order valence-corrected chi connectivity index (χ0v) is 15.4. The van der Waals surface area contributed by atoms with E-state index in [9.17, 15) is 9.59 Å². The van der Waals surface area contributed by atoms with E-state index in [2.05, 4.69) is 12.2 Å². The van der Waals surface area contributed by atoms with Crippen molar-refractivity contribution in [3.8, 4) is 11.1 Å². The zero-order chi connectivity index (χ0) is 19.5. The van der Waals surface area contributed by atoms with Crippen molar-refractivity contribution in [2.75, 3.05) is 5.32 Å². The van der Waals surface area contributed by atoms with Gasteiger partial charge in [0.1, 0.15) is 0 Å². The minimum atomic E-state index is -0.526. The molecule has 0 fully saturated rings. The first-order chi connectivity index (χ1) is 13.7. The van der Waals surface area contributed by atoms with Gasteiger partial charge in [0.2, 0.25) is 5.76 Å². The second-order valence-electron chi connectivity index (χ2n) is 6.51. The lowest BCUT2D eigenvalue weighted by Gasteiger charge is -2.12. The van der Waals surface area contributed by atoms with Gasteiger partial charge >= 0.3 is 5.63 Å². The van der Waals surface area contributed by atoms with Gasteiger partial charge < -0.3 is 9.73 Å². The second-order valence-corrected chi connectivity index (χ2v) is 6.51. The van der Waals surface area contributed by atoms with E-state index >= 15 is 0 Å². The minimum Gasteiger partial charge on any atom is -0.416 e. The highest BCUT2D eigenvalue weighted by molar-refractivity contribution is 6.11. The van der Waals surface area contributed by atoms with Crippen molar-refractivity contribution in [1.29, 1.82) is 0 Å². The Labute approximate surface area is 162 Å². The average molecular weight is 369 g/mol. The van der Waals surface area contributed by atoms with Crippen molar-refractivity contribution in [3.63, 3.8) is 0 Å². The van der Waals surface area contributed by atoms with Crippen molar-refractivity contribution >= 4 is 22.4 Å². The first-order valence-corrected chi connectivity index (χ1v) is 9.19. The Bertz CT molecular complexity index is 1190. The lowest BCUT2D eigenvalue weighted by atomic mass is 9.98. The average Bonchev–Trinajstić information content (AvgIpc) is 2.75. The molecule has 0 saturated carbocycles. The summed E-state index contributed by atoms with van der Waals surface area (Å²) in [6, 6.07) is 24.3. The molecule has 1 heterocycles. The highest BCUT2D eigenvalue weighted by atomic mass is 16.4.